The minimum atomic E-state index is -0.346. The average Bonchev–Trinajstić information content (AvgIpc) is 3.15. The highest BCUT2D eigenvalue weighted by Crippen LogP contribution is 2.23. The molecule has 128 valence electrons. The SMILES string of the molecule is CCCC1CN(C(=O)c2cnc3sccn3c2=O)CC1NC(C)=O. The summed E-state index contributed by atoms with van der Waals surface area (Å²) >= 11 is 1.35. The van der Waals surface area contributed by atoms with Gasteiger partial charge in [0.15, 0.2) is 4.96 Å². The van der Waals surface area contributed by atoms with Gasteiger partial charge >= 0.3 is 0 Å². The summed E-state index contributed by atoms with van der Waals surface area (Å²) in [5, 5.41) is 4.68. The van der Waals surface area contributed by atoms with Crippen molar-refractivity contribution in [2.24, 2.45) is 5.92 Å². The average molecular weight is 348 g/mol. The number of thiazole rings is 1. The Morgan fingerprint density at radius 2 is 2.21 bits per heavy atom. The quantitative estimate of drug-likeness (QED) is 0.898. The summed E-state index contributed by atoms with van der Waals surface area (Å²) in [5.74, 6) is -0.206. The van der Waals surface area contributed by atoms with Gasteiger partial charge in [0.2, 0.25) is 5.91 Å². The topological polar surface area (TPSA) is 83.8 Å². The summed E-state index contributed by atoms with van der Waals surface area (Å²) in [7, 11) is 0. The molecule has 1 fully saturated rings. The van der Waals surface area contributed by atoms with Gasteiger partial charge < -0.3 is 10.2 Å². The molecule has 1 saturated heterocycles. The second-order valence-corrected chi connectivity index (χ2v) is 6.97. The molecule has 2 amide bonds. The highest BCUT2D eigenvalue weighted by atomic mass is 32.1. The zero-order valence-electron chi connectivity index (χ0n) is 13.7. The van der Waals surface area contributed by atoms with Crippen LogP contribution in [0.25, 0.3) is 4.96 Å². The van der Waals surface area contributed by atoms with Crippen molar-refractivity contribution < 1.29 is 9.59 Å². The lowest BCUT2D eigenvalue weighted by Gasteiger charge is -2.17. The maximum atomic E-state index is 12.8. The summed E-state index contributed by atoms with van der Waals surface area (Å²) in [6.07, 6.45) is 4.89. The van der Waals surface area contributed by atoms with Gasteiger partial charge in [0.1, 0.15) is 5.56 Å². The Labute approximate surface area is 143 Å². The summed E-state index contributed by atoms with van der Waals surface area (Å²) in [4.78, 5) is 43.0. The second kappa shape index (κ2) is 6.72. The third-order valence-corrected chi connectivity index (χ3v) is 5.12. The van der Waals surface area contributed by atoms with Gasteiger partial charge in [-0.25, -0.2) is 4.98 Å². The van der Waals surface area contributed by atoms with E-state index in [0.29, 0.717) is 18.1 Å². The maximum Gasteiger partial charge on any atom is 0.271 e. The van der Waals surface area contributed by atoms with E-state index in [0.717, 1.165) is 12.8 Å². The van der Waals surface area contributed by atoms with E-state index in [1.807, 2.05) is 0 Å². The number of carbonyl (C=O) groups is 2. The minimum Gasteiger partial charge on any atom is -0.351 e. The van der Waals surface area contributed by atoms with Gasteiger partial charge in [0.25, 0.3) is 11.5 Å². The highest BCUT2D eigenvalue weighted by molar-refractivity contribution is 7.15. The fourth-order valence-electron chi connectivity index (χ4n) is 3.27. The number of fused-ring (bicyclic) bond motifs is 1. The van der Waals surface area contributed by atoms with Crippen molar-refractivity contribution in [3.63, 3.8) is 0 Å². The number of aromatic nitrogens is 2. The van der Waals surface area contributed by atoms with Crippen LogP contribution >= 0.6 is 11.3 Å². The molecule has 7 nitrogen and oxygen atoms in total. The van der Waals surface area contributed by atoms with E-state index in [2.05, 4.69) is 17.2 Å². The summed E-state index contributed by atoms with van der Waals surface area (Å²) in [6, 6.07) is -0.0630. The van der Waals surface area contributed by atoms with Crippen LogP contribution in [0.1, 0.15) is 37.0 Å². The van der Waals surface area contributed by atoms with Gasteiger partial charge in [0.05, 0.1) is 6.04 Å². The molecule has 2 atom stereocenters. The van der Waals surface area contributed by atoms with Crippen LogP contribution in [0.5, 0.6) is 0 Å². The molecule has 0 bridgehead atoms. The Bertz CT molecular complexity index is 828. The summed E-state index contributed by atoms with van der Waals surface area (Å²) in [5.41, 5.74) is -0.272. The van der Waals surface area contributed by atoms with Crippen LogP contribution in [-0.4, -0.2) is 45.2 Å². The standard InChI is InChI=1S/C16H20N4O3S/c1-3-4-11-8-19(9-13(11)18-10(2)21)14(22)12-7-17-16-20(15(12)23)5-6-24-16/h5-7,11,13H,3-4,8-9H2,1-2H3,(H,18,21). The van der Waals surface area contributed by atoms with E-state index < -0.39 is 0 Å². The van der Waals surface area contributed by atoms with Crippen LogP contribution < -0.4 is 10.9 Å². The Kier molecular flexibility index (Phi) is 4.66. The third kappa shape index (κ3) is 3.06. The van der Waals surface area contributed by atoms with E-state index in [4.69, 9.17) is 0 Å². The lowest BCUT2D eigenvalue weighted by molar-refractivity contribution is -0.119. The fourth-order valence-corrected chi connectivity index (χ4v) is 3.94. The maximum absolute atomic E-state index is 12.8. The number of carbonyl (C=O) groups excluding carboxylic acids is 2. The monoisotopic (exact) mass is 348 g/mol. The van der Waals surface area contributed by atoms with Gasteiger partial charge in [-0.2, -0.15) is 0 Å². The molecule has 0 aliphatic carbocycles. The van der Waals surface area contributed by atoms with Crippen molar-refractivity contribution >= 4 is 28.1 Å². The van der Waals surface area contributed by atoms with Crippen LogP contribution in [0.3, 0.4) is 0 Å². The van der Waals surface area contributed by atoms with Crippen LogP contribution in [0.2, 0.25) is 0 Å². The molecule has 1 aliphatic rings. The fraction of sp³-hybridized carbons (Fsp3) is 0.500. The zero-order chi connectivity index (χ0) is 17.3. The molecule has 1 N–H and O–H groups in total. The summed E-state index contributed by atoms with van der Waals surface area (Å²) < 4.78 is 1.39. The van der Waals surface area contributed by atoms with E-state index in [9.17, 15) is 14.4 Å². The van der Waals surface area contributed by atoms with Gasteiger partial charge in [-0.3, -0.25) is 18.8 Å². The number of rotatable bonds is 4. The molecule has 3 heterocycles. The Hall–Kier alpha value is -2.22. The molecule has 2 unspecified atom stereocenters. The Morgan fingerprint density at radius 3 is 2.92 bits per heavy atom. The van der Waals surface area contributed by atoms with E-state index >= 15 is 0 Å². The lowest BCUT2D eigenvalue weighted by atomic mass is 9.98. The van der Waals surface area contributed by atoms with E-state index in [1.165, 1.54) is 28.9 Å². The Balaban J connectivity index is 1.85. The largest absolute Gasteiger partial charge is 0.351 e. The van der Waals surface area contributed by atoms with Crippen molar-refractivity contribution in [3.8, 4) is 0 Å². The van der Waals surface area contributed by atoms with Gasteiger partial charge in [-0.05, 0) is 12.3 Å². The molecular weight excluding hydrogens is 328 g/mol. The van der Waals surface area contributed by atoms with Gasteiger partial charge in [0, 0.05) is 37.8 Å². The van der Waals surface area contributed by atoms with Crippen molar-refractivity contribution in [1.82, 2.24) is 19.6 Å². The number of nitrogens with zero attached hydrogens (tertiary/aromatic N) is 3. The normalized spacial score (nSPS) is 20.5. The molecule has 0 spiro atoms. The molecule has 24 heavy (non-hydrogen) atoms. The first-order chi connectivity index (χ1) is 11.5. The molecule has 0 saturated carbocycles. The van der Waals surface area contributed by atoms with Crippen LogP contribution in [0, 0.1) is 5.92 Å². The minimum absolute atomic E-state index is 0.0630. The predicted octanol–water partition coefficient (Wildman–Crippen LogP) is 1.13. The van der Waals surface area contributed by atoms with Crippen molar-refractivity contribution in [1.29, 1.82) is 0 Å². The number of hydrogen-bond donors (Lipinski definition) is 1. The zero-order valence-corrected chi connectivity index (χ0v) is 14.5. The first-order valence-electron chi connectivity index (χ1n) is 8.02. The van der Waals surface area contributed by atoms with Crippen LogP contribution in [0.15, 0.2) is 22.6 Å². The molecule has 0 radical (unpaired) electrons. The van der Waals surface area contributed by atoms with Crippen molar-refractivity contribution in [3.05, 3.63) is 33.7 Å². The van der Waals surface area contributed by atoms with Crippen molar-refractivity contribution in [2.75, 3.05) is 13.1 Å². The van der Waals surface area contributed by atoms with Gasteiger partial charge in [-0.1, -0.05) is 13.3 Å². The molecule has 8 heteroatoms. The molecule has 3 rings (SSSR count). The lowest BCUT2D eigenvalue weighted by Crippen LogP contribution is -2.40. The van der Waals surface area contributed by atoms with E-state index in [-0.39, 0.29) is 34.9 Å². The molecular formula is C16H20N4O3S. The van der Waals surface area contributed by atoms with Gasteiger partial charge in [-0.15, -0.1) is 11.3 Å². The molecule has 0 aromatic carbocycles. The highest BCUT2D eigenvalue weighted by Gasteiger charge is 2.36. The summed E-state index contributed by atoms with van der Waals surface area (Å²) in [6.45, 7) is 4.53. The van der Waals surface area contributed by atoms with Crippen LogP contribution in [0.4, 0.5) is 0 Å². The van der Waals surface area contributed by atoms with Crippen LogP contribution in [-0.2, 0) is 4.79 Å². The van der Waals surface area contributed by atoms with E-state index in [1.54, 1.807) is 16.5 Å². The number of nitrogens with one attached hydrogen (secondary N) is 1. The second-order valence-electron chi connectivity index (χ2n) is 6.10. The smallest absolute Gasteiger partial charge is 0.271 e. The predicted molar refractivity (Wildman–Crippen MR) is 91.2 cm³/mol. The molecule has 1 aliphatic heterocycles. The first kappa shape index (κ1) is 16.6. The number of likely N-dealkylation sites (tertiary alicyclic amines) is 1. The van der Waals surface area contributed by atoms with Crippen molar-refractivity contribution in [2.45, 2.75) is 32.7 Å². The molecule has 2 aromatic heterocycles. The first-order valence-corrected chi connectivity index (χ1v) is 8.90. The third-order valence-electron chi connectivity index (χ3n) is 4.35. The molecule has 2 aromatic rings. The number of amides is 2. The Morgan fingerprint density at radius 1 is 1.42 bits per heavy atom. The number of hydrogen-bond acceptors (Lipinski definition) is 5.